The van der Waals surface area contributed by atoms with Crippen LogP contribution in [-0.4, -0.2) is 40.2 Å². The molecule has 0 unspecified atom stereocenters. The maximum absolute atomic E-state index is 12.7. The minimum Gasteiger partial charge on any atom is -0.495 e. The highest BCUT2D eigenvalue weighted by molar-refractivity contribution is 6.22. The molecule has 1 heterocycles. The Labute approximate surface area is 166 Å². The predicted molar refractivity (Wildman–Crippen MR) is 104 cm³/mol. The van der Waals surface area contributed by atoms with Crippen molar-refractivity contribution in [2.45, 2.75) is 26.3 Å². The van der Waals surface area contributed by atoms with Gasteiger partial charge in [0.25, 0.3) is 23.4 Å². The van der Waals surface area contributed by atoms with E-state index < -0.39 is 28.2 Å². The van der Waals surface area contributed by atoms with Crippen molar-refractivity contribution in [2.75, 3.05) is 12.4 Å². The summed E-state index contributed by atoms with van der Waals surface area (Å²) in [6, 6.07) is 8.02. The van der Waals surface area contributed by atoms with E-state index in [1.807, 2.05) is 0 Å². The Balaban J connectivity index is 1.93. The Morgan fingerprint density at radius 1 is 1.07 bits per heavy atom. The van der Waals surface area contributed by atoms with Crippen LogP contribution >= 0.6 is 0 Å². The number of amides is 3. The molecular formula is C20H19N3O6. The molecule has 0 radical (unpaired) electrons. The minimum atomic E-state index is -0.702. The van der Waals surface area contributed by atoms with Gasteiger partial charge in [-0.05, 0) is 45.0 Å². The van der Waals surface area contributed by atoms with Gasteiger partial charge < -0.3 is 10.1 Å². The lowest BCUT2D eigenvalue weighted by Crippen LogP contribution is -2.45. The van der Waals surface area contributed by atoms with Gasteiger partial charge in [0.1, 0.15) is 5.75 Å². The number of nitrogens with one attached hydrogen (secondary N) is 1. The molecule has 9 heteroatoms. The third-order valence-corrected chi connectivity index (χ3v) is 4.46. The van der Waals surface area contributed by atoms with Gasteiger partial charge in [0.2, 0.25) is 0 Å². The van der Waals surface area contributed by atoms with Gasteiger partial charge in [-0.3, -0.25) is 29.4 Å². The van der Waals surface area contributed by atoms with Crippen LogP contribution in [0.15, 0.2) is 36.4 Å². The number of non-ortho nitro benzene ring substituents is 1. The Bertz CT molecular complexity index is 1050. The van der Waals surface area contributed by atoms with Crippen LogP contribution in [0, 0.1) is 10.1 Å². The van der Waals surface area contributed by atoms with Crippen LogP contribution in [0.3, 0.4) is 0 Å². The van der Waals surface area contributed by atoms with Gasteiger partial charge in [-0.25, -0.2) is 0 Å². The lowest BCUT2D eigenvalue weighted by atomic mass is 10.1. The van der Waals surface area contributed by atoms with Crippen molar-refractivity contribution in [2.24, 2.45) is 0 Å². The first-order chi connectivity index (χ1) is 13.5. The number of hydrogen-bond donors (Lipinski definition) is 1. The van der Waals surface area contributed by atoms with E-state index in [4.69, 9.17) is 4.74 Å². The van der Waals surface area contributed by atoms with Gasteiger partial charge in [0.15, 0.2) is 0 Å². The van der Waals surface area contributed by atoms with E-state index in [0.29, 0.717) is 0 Å². The van der Waals surface area contributed by atoms with Crippen LogP contribution in [0.2, 0.25) is 0 Å². The molecule has 1 N–H and O–H groups in total. The third kappa shape index (κ3) is 3.54. The molecule has 0 fully saturated rings. The van der Waals surface area contributed by atoms with Crippen molar-refractivity contribution in [3.63, 3.8) is 0 Å². The molecule has 3 amide bonds. The Morgan fingerprint density at radius 2 is 1.72 bits per heavy atom. The normalized spacial score (nSPS) is 13.3. The lowest BCUT2D eigenvalue weighted by Gasteiger charge is -2.29. The number of rotatable bonds is 4. The second-order valence-electron chi connectivity index (χ2n) is 7.47. The maximum atomic E-state index is 12.7. The second-order valence-corrected chi connectivity index (χ2v) is 7.47. The summed E-state index contributed by atoms with van der Waals surface area (Å²) in [5.41, 5.74) is -0.291. The number of anilines is 1. The zero-order valence-corrected chi connectivity index (χ0v) is 16.3. The fourth-order valence-electron chi connectivity index (χ4n) is 3.09. The topological polar surface area (TPSA) is 119 Å². The van der Waals surface area contributed by atoms with Gasteiger partial charge in [-0.1, -0.05) is 0 Å². The van der Waals surface area contributed by atoms with Crippen LogP contribution in [0.5, 0.6) is 5.75 Å². The molecule has 0 bridgehead atoms. The Morgan fingerprint density at radius 3 is 2.31 bits per heavy atom. The fraction of sp³-hybridized carbons (Fsp3) is 0.250. The molecule has 0 aromatic heterocycles. The molecule has 0 aliphatic carbocycles. The summed E-state index contributed by atoms with van der Waals surface area (Å²) in [6.45, 7) is 5.24. The number of hydrogen-bond acceptors (Lipinski definition) is 6. The van der Waals surface area contributed by atoms with Crippen LogP contribution in [0.4, 0.5) is 11.4 Å². The standard InChI is InChI=1S/C20H19N3O6/c1-20(2,3)22-18(25)13-7-5-11(9-14(13)19(22)26)17(24)21-15-10-12(23(27)28)6-8-16(15)29-4/h5-10H,1-4H3,(H,21,24). The molecule has 1 aliphatic rings. The molecule has 3 rings (SSSR count). The van der Waals surface area contributed by atoms with Gasteiger partial charge in [0.05, 0.1) is 28.8 Å². The van der Waals surface area contributed by atoms with Crippen molar-refractivity contribution in [1.29, 1.82) is 0 Å². The van der Waals surface area contributed by atoms with Crippen LogP contribution in [-0.2, 0) is 0 Å². The summed E-state index contributed by atoms with van der Waals surface area (Å²) in [4.78, 5) is 49.5. The zero-order chi connectivity index (χ0) is 21.5. The van der Waals surface area contributed by atoms with Crippen molar-refractivity contribution in [3.8, 4) is 5.75 Å². The largest absolute Gasteiger partial charge is 0.495 e. The smallest absolute Gasteiger partial charge is 0.271 e. The summed E-state index contributed by atoms with van der Waals surface area (Å²) < 4.78 is 5.13. The van der Waals surface area contributed by atoms with E-state index in [1.54, 1.807) is 20.8 Å². The minimum absolute atomic E-state index is 0.117. The molecule has 1 aliphatic heterocycles. The predicted octanol–water partition coefficient (Wildman–Crippen LogP) is 3.25. The summed E-state index contributed by atoms with van der Waals surface area (Å²) >= 11 is 0. The Hall–Kier alpha value is -3.75. The van der Waals surface area contributed by atoms with Crippen molar-refractivity contribution >= 4 is 29.1 Å². The summed E-state index contributed by atoms with van der Waals surface area (Å²) in [5.74, 6) is -1.23. The molecule has 0 spiro atoms. The summed E-state index contributed by atoms with van der Waals surface area (Å²) in [5, 5.41) is 13.5. The van der Waals surface area contributed by atoms with E-state index in [0.717, 1.165) is 4.90 Å². The first kappa shape index (κ1) is 20.0. The second kappa shape index (κ2) is 7.01. The molecular weight excluding hydrogens is 378 g/mol. The van der Waals surface area contributed by atoms with E-state index >= 15 is 0 Å². The van der Waals surface area contributed by atoms with Crippen LogP contribution in [0.1, 0.15) is 51.8 Å². The number of fused-ring (bicyclic) bond motifs is 1. The first-order valence-corrected chi connectivity index (χ1v) is 8.71. The average molecular weight is 397 g/mol. The number of nitro groups is 1. The molecule has 2 aromatic carbocycles. The molecule has 2 aromatic rings. The molecule has 0 saturated carbocycles. The van der Waals surface area contributed by atoms with Gasteiger partial charge in [0, 0.05) is 23.2 Å². The monoisotopic (exact) mass is 397 g/mol. The number of nitro benzene ring substituents is 1. The van der Waals surface area contributed by atoms with Gasteiger partial charge in [-0.2, -0.15) is 0 Å². The number of carbonyl (C=O) groups is 3. The molecule has 9 nitrogen and oxygen atoms in total. The average Bonchev–Trinajstić information content (AvgIpc) is 2.91. The van der Waals surface area contributed by atoms with Crippen molar-refractivity contribution in [1.82, 2.24) is 4.90 Å². The highest BCUT2D eigenvalue weighted by Crippen LogP contribution is 2.31. The summed E-state index contributed by atoms with van der Waals surface area (Å²) in [7, 11) is 1.37. The number of nitrogens with zero attached hydrogens (tertiary/aromatic N) is 2. The van der Waals surface area contributed by atoms with E-state index in [1.165, 1.54) is 43.5 Å². The summed E-state index contributed by atoms with van der Waals surface area (Å²) in [6.07, 6.45) is 0. The highest BCUT2D eigenvalue weighted by Gasteiger charge is 2.42. The quantitative estimate of drug-likeness (QED) is 0.480. The SMILES string of the molecule is COc1ccc([N+](=O)[O-])cc1NC(=O)c1ccc2c(c1)C(=O)N(C(C)(C)C)C2=O. The first-order valence-electron chi connectivity index (χ1n) is 8.71. The van der Waals surface area contributed by atoms with Crippen LogP contribution < -0.4 is 10.1 Å². The van der Waals surface area contributed by atoms with E-state index in [9.17, 15) is 24.5 Å². The molecule has 150 valence electrons. The van der Waals surface area contributed by atoms with Gasteiger partial charge >= 0.3 is 0 Å². The van der Waals surface area contributed by atoms with Crippen LogP contribution in [0.25, 0.3) is 0 Å². The van der Waals surface area contributed by atoms with Crippen molar-refractivity contribution in [3.05, 3.63) is 63.2 Å². The number of carbonyl (C=O) groups excluding carboxylic acids is 3. The third-order valence-electron chi connectivity index (χ3n) is 4.46. The van der Waals surface area contributed by atoms with Gasteiger partial charge in [-0.15, -0.1) is 0 Å². The number of benzene rings is 2. The van der Waals surface area contributed by atoms with Crippen molar-refractivity contribution < 1.29 is 24.0 Å². The maximum Gasteiger partial charge on any atom is 0.271 e. The molecule has 0 saturated heterocycles. The Kier molecular flexibility index (Phi) is 4.83. The van der Waals surface area contributed by atoms with E-state index in [2.05, 4.69) is 5.32 Å². The number of imide groups is 1. The molecule has 0 atom stereocenters. The lowest BCUT2D eigenvalue weighted by molar-refractivity contribution is -0.384. The van der Waals surface area contributed by atoms with E-state index in [-0.39, 0.29) is 33.8 Å². The highest BCUT2D eigenvalue weighted by atomic mass is 16.6. The fourth-order valence-corrected chi connectivity index (χ4v) is 3.09. The zero-order valence-electron chi connectivity index (χ0n) is 16.3. The number of methoxy groups -OCH3 is 1. The molecule has 29 heavy (non-hydrogen) atoms. The number of ether oxygens (including phenoxy) is 1.